The van der Waals surface area contributed by atoms with Gasteiger partial charge in [0.05, 0.1) is 12.5 Å². The number of rotatable bonds is 9. The van der Waals surface area contributed by atoms with Gasteiger partial charge in [-0.15, -0.1) is 0 Å². The number of methoxy groups -OCH3 is 1. The summed E-state index contributed by atoms with van der Waals surface area (Å²) in [6.45, 7) is 1.59. The van der Waals surface area contributed by atoms with Crippen molar-refractivity contribution in [1.29, 1.82) is 0 Å². The van der Waals surface area contributed by atoms with Crippen LogP contribution in [0.15, 0.2) is 0 Å². The average Bonchev–Trinajstić information content (AvgIpc) is 2.97. The summed E-state index contributed by atoms with van der Waals surface area (Å²) in [5.41, 5.74) is 0. The Morgan fingerprint density at radius 1 is 1.33 bits per heavy atom. The summed E-state index contributed by atoms with van der Waals surface area (Å²) in [5, 5.41) is 14.1. The molecule has 7 nitrogen and oxygen atoms in total. The fraction of sp³-hybridized carbons (Fsp3) is 0.857. The van der Waals surface area contributed by atoms with Gasteiger partial charge in [0.1, 0.15) is 0 Å². The van der Waals surface area contributed by atoms with Crippen molar-refractivity contribution in [2.75, 3.05) is 33.8 Å². The van der Waals surface area contributed by atoms with Crippen LogP contribution in [0.5, 0.6) is 0 Å². The number of aliphatic carboxylic acids is 1. The maximum absolute atomic E-state index is 11.6. The zero-order valence-corrected chi connectivity index (χ0v) is 12.9. The second kappa shape index (κ2) is 9.57. The third-order valence-electron chi connectivity index (χ3n) is 3.92. The number of hydrogen-bond acceptors (Lipinski definition) is 4. The second-order valence-corrected chi connectivity index (χ2v) is 5.51. The molecule has 0 aromatic heterocycles. The van der Waals surface area contributed by atoms with Crippen LogP contribution in [-0.4, -0.2) is 67.9 Å². The van der Waals surface area contributed by atoms with Gasteiger partial charge >= 0.3 is 12.0 Å². The van der Waals surface area contributed by atoms with Crippen molar-refractivity contribution in [3.8, 4) is 0 Å². The van der Waals surface area contributed by atoms with Crippen molar-refractivity contribution < 1.29 is 19.4 Å². The van der Waals surface area contributed by atoms with E-state index in [-0.39, 0.29) is 19.0 Å². The molecule has 0 bridgehead atoms. The fourth-order valence-corrected chi connectivity index (χ4v) is 2.58. The molecule has 1 aliphatic rings. The number of amides is 2. The van der Waals surface area contributed by atoms with Crippen molar-refractivity contribution in [1.82, 2.24) is 15.5 Å². The number of urea groups is 1. The SMILES string of the molecule is COC(CNC(=O)NCCN(C)C1CCCC1)CC(=O)O. The van der Waals surface area contributed by atoms with Crippen LogP contribution in [0.4, 0.5) is 4.79 Å². The Hall–Kier alpha value is -1.34. The normalized spacial score (nSPS) is 16.9. The Kier molecular flexibility index (Phi) is 8.07. The first-order valence-electron chi connectivity index (χ1n) is 7.49. The van der Waals surface area contributed by atoms with E-state index in [4.69, 9.17) is 9.84 Å². The minimum atomic E-state index is -0.942. The topological polar surface area (TPSA) is 90.9 Å². The first-order valence-corrected chi connectivity index (χ1v) is 7.49. The summed E-state index contributed by atoms with van der Waals surface area (Å²) in [7, 11) is 3.52. The molecular weight excluding hydrogens is 274 g/mol. The summed E-state index contributed by atoms with van der Waals surface area (Å²) in [5.74, 6) is -0.942. The highest BCUT2D eigenvalue weighted by atomic mass is 16.5. The lowest BCUT2D eigenvalue weighted by Crippen LogP contribution is -2.44. The van der Waals surface area contributed by atoms with Gasteiger partial charge in [-0.1, -0.05) is 12.8 Å². The molecule has 1 aliphatic carbocycles. The zero-order valence-electron chi connectivity index (χ0n) is 12.9. The average molecular weight is 301 g/mol. The molecule has 1 saturated carbocycles. The molecule has 1 rings (SSSR count). The number of ether oxygens (including phenoxy) is 1. The highest BCUT2D eigenvalue weighted by Gasteiger charge is 2.19. The molecule has 21 heavy (non-hydrogen) atoms. The van der Waals surface area contributed by atoms with E-state index in [1.807, 2.05) is 0 Å². The molecule has 0 spiro atoms. The monoisotopic (exact) mass is 301 g/mol. The van der Waals surface area contributed by atoms with Crippen molar-refractivity contribution in [2.24, 2.45) is 0 Å². The van der Waals surface area contributed by atoms with Crippen molar-refractivity contribution in [3.05, 3.63) is 0 Å². The summed E-state index contributed by atoms with van der Waals surface area (Å²) in [6, 6.07) is 0.352. The Balaban J connectivity index is 2.11. The van der Waals surface area contributed by atoms with Gasteiger partial charge in [0.15, 0.2) is 0 Å². The second-order valence-electron chi connectivity index (χ2n) is 5.51. The Labute approximate surface area is 126 Å². The molecule has 3 N–H and O–H groups in total. The number of likely N-dealkylation sites (N-methyl/N-ethyl adjacent to an activating group) is 1. The number of carbonyl (C=O) groups excluding carboxylic acids is 1. The van der Waals surface area contributed by atoms with E-state index >= 15 is 0 Å². The van der Waals surface area contributed by atoms with Crippen LogP contribution in [0.25, 0.3) is 0 Å². The molecular formula is C14H27N3O4. The maximum atomic E-state index is 11.6. The van der Waals surface area contributed by atoms with Gasteiger partial charge in [0.2, 0.25) is 0 Å². The third kappa shape index (κ3) is 7.29. The lowest BCUT2D eigenvalue weighted by molar-refractivity contribution is -0.139. The smallest absolute Gasteiger partial charge is 0.314 e. The van der Waals surface area contributed by atoms with Crippen LogP contribution in [0, 0.1) is 0 Å². The van der Waals surface area contributed by atoms with E-state index in [0.29, 0.717) is 12.6 Å². The van der Waals surface area contributed by atoms with Crippen molar-refractivity contribution in [3.63, 3.8) is 0 Å². The van der Waals surface area contributed by atoms with Crippen LogP contribution >= 0.6 is 0 Å². The maximum Gasteiger partial charge on any atom is 0.314 e. The molecule has 1 fully saturated rings. The first kappa shape index (κ1) is 17.7. The van der Waals surface area contributed by atoms with Crippen molar-refractivity contribution >= 4 is 12.0 Å². The predicted molar refractivity (Wildman–Crippen MR) is 79.3 cm³/mol. The van der Waals surface area contributed by atoms with Crippen LogP contribution in [0.2, 0.25) is 0 Å². The highest BCUT2D eigenvalue weighted by molar-refractivity contribution is 5.74. The van der Waals surface area contributed by atoms with Crippen LogP contribution in [-0.2, 0) is 9.53 Å². The number of carboxylic acid groups (broad SMARTS) is 1. The standard InChI is InChI=1S/C14H27N3O4/c1-17(11-5-3-4-6-11)8-7-15-14(20)16-10-12(21-2)9-13(18)19/h11-12H,3-10H2,1-2H3,(H,18,19)(H2,15,16,20). The van der Waals surface area contributed by atoms with Crippen LogP contribution < -0.4 is 10.6 Å². The van der Waals surface area contributed by atoms with Gasteiger partial charge in [-0.05, 0) is 19.9 Å². The lowest BCUT2D eigenvalue weighted by Gasteiger charge is -2.24. The molecule has 1 unspecified atom stereocenters. The van der Waals surface area contributed by atoms with E-state index < -0.39 is 12.1 Å². The molecule has 0 aromatic carbocycles. The Morgan fingerprint density at radius 2 is 2.00 bits per heavy atom. The van der Waals surface area contributed by atoms with E-state index in [0.717, 1.165) is 6.54 Å². The summed E-state index contributed by atoms with van der Waals surface area (Å²) < 4.78 is 4.99. The number of nitrogens with zero attached hydrogens (tertiary/aromatic N) is 1. The van der Waals surface area contributed by atoms with E-state index in [9.17, 15) is 9.59 Å². The van der Waals surface area contributed by atoms with Gasteiger partial charge in [-0.25, -0.2) is 4.79 Å². The number of nitrogens with one attached hydrogen (secondary N) is 2. The predicted octanol–water partition coefficient (Wildman–Crippen LogP) is 0.650. The van der Waals surface area contributed by atoms with Crippen LogP contribution in [0.3, 0.4) is 0 Å². The summed E-state index contributed by atoms with van der Waals surface area (Å²) >= 11 is 0. The van der Waals surface area contributed by atoms with Crippen molar-refractivity contribution in [2.45, 2.75) is 44.2 Å². The molecule has 1 atom stereocenters. The first-order chi connectivity index (χ1) is 10.0. The third-order valence-corrected chi connectivity index (χ3v) is 3.92. The highest BCUT2D eigenvalue weighted by Crippen LogP contribution is 2.21. The van der Waals surface area contributed by atoms with E-state index in [1.54, 1.807) is 0 Å². The molecule has 0 saturated heterocycles. The molecule has 0 aromatic rings. The molecule has 0 radical (unpaired) electrons. The fourth-order valence-electron chi connectivity index (χ4n) is 2.58. The Morgan fingerprint density at radius 3 is 2.57 bits per heavy atom. The number of hydrogen-bond donors (Lipinski definition) is 3. The van der Waals surface area contributed by atoms with Gasteiger partial charge in [0.25, 0.3) is 0 Å². The summed E-state index contributed by atoms with van der Waals surface area (Å²) in [4.78, 5) is 24.5. The Bertz CT molecular complexity index is 332. The van der Waals surface area contributed by atoms with Gasteiger partial charge in [0, 0.05) is 32.8 Å². The minimum Gasteiger partial charge on any atom is -0.481 e. The summed E-state index contributed by atoms with van der Waals surface area (Å²) in [6.07, 6.45) is 4.45. The van der Waals surface area contributed by atoms with E-state index in [2.05, 4.69) is 22.6 Å². The zero-order chi connectivity index (χ0) is 15.7. The minimum absolute atomic E-state index is 0.124. The molecule has 0 heterocycles. The largest absolute Gasteiger partial charge is 0.481 e. The quantitative estimate of drug-likeness (QED) is 0.582. The number of carboxylic acids is 1. The van der Waals surface area contributed by atoms with Gasteiger partial charge < -0.3 is 25.4 Å². The lowest BCUT2D eigenvalue weighted by atomic mass is 10.2. The van der Waals surface area contributed by atoms with E-state index in [1.165, 1.54) is 32.8 Å². The molecule has 7 heteroatoms. The van der Waals surface area contributed by atoms with Gasteiger partial charge in [-0.2, -0.15) is 0 Å². The molecule has 0 aliphatic heterocycles. The number of carbonyl (C=O) groups is 2. The molecule has 2 amide bonds. The molecule has 122 valence electrons. The van der Waals surface area contributed by atoms with Crippen LogP contribution in [0.1, 0.15) is 32.1 Å². The van der Waals surface area contributed by atoms with Gasteiger partial charge in [-0.3, -0.25) is 4.79 Å².